The molecule has 0 rings (SSSR count). The Balaban J connectivity index is 5.41. The maximum absolute atomic E-state index is 13.2. The van der Waals surface area contributed by atoms with Crippen LogP contribution in [0.15, 0.2) is 0 Å². The smallest absolute Gasteiger partial charge is 0.266 e. The number of quaternary nitrogens is 2. The van der Waals surface area contributed by atoms with Crippen molar-refractivity contribution in [1.29, 1.82) is 0 Å². The largest absolute Gasteiger partial charge is 0.382 e. The minimum absolute atomic E-state index is 0.144. The van der Waals surface area contributed by atoms with E-state index in [1.54, 1.807) is 13.8 Å². The Kier molecular flexibility index (Phi) is 13.2. The molecule has 0 aliphatic carbocycles. The molecule has 0 saturated heterocycles. The van der Waals surface area contributed by atoms with Crippen molar-refractivity contribution in [1.82, 2.24) is 10.6 Å². The van der Waals surface area contributed by atoms with Crippen LogP contribution in [0.4, 0.5) is 0 Å². The minimum Gasteiger partial charge on any atom is -0.382 e. The first kappa shape index (κ1) is 35.7. The Hall–Kier alpha value is -1.31. The summed E-state index contributed by atoms with van der Waals surface area (Å²) in [6.45, 7) is 10.7. The van der Waals surface area contributed by atoms with E-state index in [0.29, 0.717) is 54.5 Å². The van der Waals surface area contributed by atoms with Crippen LogP contribution in [0.1, 0.15) is 53.9 Å². The van der Waals surface area contributed by atoms with Gasteiger partial charge in [0.05, 0.1) is 41.0 Å². The van der Waals surface area contributed by atoms with Gasteiger partial charge in [0.2, 0.25) is 11.8 Å². The summed E-state index contributed by atoms with van der Waals surface area (Å²) in [6, 6.07) is 0. The van der Waals surface area contributed by atoms with E-state index in [-0.39, 0.29) is 17.7 Å². The van der Waals surface area contributed by atoms with E-state index >= 15 is 0 Å². The molecule has 0 bridgehead atoms. The van der Waals surface area contributed by atoms with E-state index in [4.69, 9.17) is 5.73 Å². The van der Waals surface area contributed by atoms with Crippen molar-refractivity contribution in [3.63, 3.8) is 0 Å². The van der Waals surface area contributed by atoms with Crippen LogP contribution in [-0.4, -0.2) is 118 Å². The molecule has 37 heavy (non-hydrogen) atoms. The van der Waals surface area contributed by atoms with Crippen LogP contribution in [0.5, 0.6) is 0 Å². The van der Waals surface area contributed by atoms with Crippen LogP contribution in [0, 0.1) is 17.3 Å². The lowest BCUT2D eigenvalue weighted by Crippen LogP contribution is -2.56. The molecule has 11 nitrogen and oxygen atoms in total. The Labute approximate surface area is 225 Å². The van der Waals surface area contributed by atoms with Crippen LogP contribution in [0.25, 0.3) is 0 Å². The van der Waals surface area contributed by atoms with E-state index in [0.717, 1.165) is 0 Å². The highest BCUT2D eigenvalue weighted by atomic mass is 32.2. The first-order valence-corrected chi connectivity index (χ1v) is 14.6. The van der Waals surface area contributed by atoms with Gasteiger partial charge in [-0.2, -0.15) is 8.42 Å². The van der Waals surface area contributed by atoms with Gasteiger partial charge in [0.15, 0.2) is 12.8 Å². The minimum atomic E-state index is -4.18. The lowest BCUT2D eigenvalue weighted by molar-refractivity contribution is -0.908. The van der Waals surface area contributed by atoms with Crippen LogP contribution in [0.3, 0.4) is 0 Å². The van der Waals surface area contributed by atoms with Gasteiger partial charge in [-0.1, -0.05) is 20.8 Å². The Bertz CT molecular complexity index is 852. The third-order valence-electron chi connectivity index (χ3n) is 6.47. The number of primary amides is 1. The molecule has 3 atom stereocenters. The fourth-order valence-corrected chi connectivity index (χ4v) is 5.73. The molecule has 0 aliphatic heterocycles. The molecule has 2 amide bonds. The molecule has 0 spiro atoms. The first-order chi connectivity index (χ1) is 16.4. The summed E-state index contributed by atoms with van der Waals surface area (Å²) in [5.41, 5.74) is 3.90. The van der Waals surface area contributed by atoms with E-state index in [9.17, 15) is 27.7 Å². The molecule has 12 heteroatoms. The van der Waals surface area contributed by atoms with E-state index in [1.165, 1.54) is 0 Å². The summed E-state index contributed by atoms with van der Waals surface area (Å²) in [6.07, 6.45) is 0.945. The summed E-state index contributed by atoms with van der Waals surface area (Å²) in [7, 11) is 5.78. The summed E-state index contributed by atoms with van der Waals surface area (Å²) >= 11 is 0. The number of hydrogen-bond donors (Lipinski definition) is 5. The number of nitrogens with zero attached hydrogens (tertiary/aromatic N) is 2. The fourth-order valence-electron chi connectivity index (χ4n) is 4.72. The topological polar surface area (TPSA) is 159 Å². The van der Waals surface area contributed by atoms with Crippen LogP contribution in [-0.2, 0) is 19.7 Å². The normalized spacial score (nSPS) is 16.2. The fraction of sp³-hybridized carbons (Fsp3) is 0.920. The van der Waals surface area contributed by atoms with E-state index < -0.39 is 38.8 Å². The van der Waals surface area contributed by atoms with Crippen molar-refractivity contribution in [2.45, 2.75) is 65.5 Å². The number of likely N-dealkylation sites (N-methyl/N-ethyl adjacent to an activating group) is 2. The highest BCUT2D eigenvalue weighted by molar-refractivity contribution is 7.85. The van der Waals surface area contributed by atoms with Crippen LogP contribution >= 0.6 is 0 Å². The number of carbonyl (C=O) groups excluding carboxylic acids is 2. The molecule has 0 aromatic rings. The molecule has 0 fully saturated rings. The second kappa shape index (κ2) is 13.7. The average molecular weight is 554 g/mol. The molecule has 0 aromatic carbocycles. The van der Waals surface area contributed by atoms with Gasteiger partial charge in [-0.25, -0.2) is 0 Å². The van der Waals surface area contributed by atoms with Gasteiger partial charge in [0.25, 0.3) is 10.1 Å². The summed E-state index contributed by atoms with van der Waals surface area (Å²) in [4.78, 5) is 25.2. The average Bonchev–Trinajstić information content (AvgIpc) is 2.63. The number of amides is 2. The number of rotatable bonds is 18. The monoisotopic (exact) mass is 553 g/mol. The van der Waals surface area contributed by atoms with Gasteiger partial charge in [-0.15, -0.1) is 0 Å². The van der Waals surface area contributed by atoms with Gasteiger partial charge >= 0.3 is 0 Å². The molecule has 3 unspecified atom stereocenters. The molecule has 6 N–H and O–H groups in total. The van der Waals surface area contributed by atoms with Crippen molar-refractivity contribution in [3.05, 3.63) is 0 Å². The molecular formula is C25H55N5O6S+2. The zero-order chi connectivity index (χ0) is 29.5. The standard InChI is InChI=1S/C25H53N5O6S/c1-11-20(22(26)32)12-19(14-28-25(4,5)17-37(34,35)36)13-24(2,3)23(33)27-18-30(9,10)16-21(31)15-29(6,7)8/h19-21,28,31H,11-18H2,1-10H3,(H2-2,26,27,32,33,34,35,36)/p+2. The molecule has 0 heterocycles. The predicted octanol–water partition coefficient (Wildman–Crippen LogP) is 0.394. The Morgan fingerprint density at radius 1 is 1.03 bits per heavy atom. The van der Waals surface area contributed by atoms with Crippen molar-refractivity contribution in [2.75, 3.05) is 67.3 Å². The molecule has 0 aliphatic rings. The van der Waals surface area contributed by atoms with Crippen LogP contribution < -0.4 is 16.4 Å². The maximum Gasteiger partial charge on any atom is 0.266 e. The summed E-state index contributed by atoms with van der Waals surface area (Å²) in [5, 5.41) is 16.7. The molecule has 0 saturated carbocycles. The van der Waals surface area contributed by atoms with Gasteiger partial charge in [0.1, 0.15) is 13.1 Å². The SMILES string of the molecule is CCC(CC(CNC(C)(C)CS(=O)(=O)O)CC(C)(C)C(=O)NC[N+](C)(C)CC(O)C[N+](C)(C)C)C(N)=O. The zero-order valence-corrected chi connectivity index (χ0v) is 25.6. The summed E-state index contributed by atoms with van der Waals surface area (Å²) < 4.78 is 33.1. The quantitative estimate of drug-likeness (QED) is 0.0933. The highest BCUT2D eigenvalue weighted by Gasteiger charge is 2.35. The molecule has 0 radical (unpaired) electrons. The molecule has 220 valence electrons. The van der Waals surface area contributed by atoms with Crippen molar-refractivity contribution in [3.8, 4) is 0 Å². The third kappa shape index (κ3) is 16.3. The lowest BCUT2D eigenvalue weighted by atomic mass is 9.77. The molecular weight excluding hydrogens is 498 g/mol. The van der Waals surface area contributed by atoms with Gasteiger partial charge in [-0.05, 0) is 45.6 Å². The van der Waals surface area contributed by atoms with Crippen molar-refractivity contribution in [2.24, 2.45) is 23.0 Å². The number of aliphatic hydroxyl groups excluding tert-OH is 1. The summed E-state index contributed by atoms with van der Waals surface area (Å²) in [5.74, 6) is -1.52. The van der Waals surface area contributed by atoms with E-state index in [2.05, 4.69) is 10.6 Å². The number of aliphatic hydroxyl groups is 1. The van der Waals surface area contributed by atoms with Gasteiger partial charge < -0.3 is 30.4 Å². The Morgan fingerprint density at radius 3 is 2.00 bits per heavy atom. The van der Waals surface area contributed by atoms with Gasteiger partial charge in [0, 0.05) is 16.9 Å². The lowest BCUT2D eigenvalue weighted by Gasteiger charge is -2.36. The highest BCUT2D eigenvalue weighted by Crippen LogP contribution is 2.30. The number of hydrogen-bond acceptors (Lipinski definition) is 6. The Morgan fingerprint density at radius 2 is 1.57 bits per heavy atom. The van der Waals surface area contributed by atoms with Crippen molar-refractivity contribution >= 4 is 21.9 Å². The van der Waals surface area contributed by atoms with Crippen LogP contribution in [0.2, 0.25) is 0 Å². The number of carbonyl (C=O) groups is 2. The molecule has 0 aromatic heterocycles. The number of nitrogens with one attached hydrogen (secondary N) is 2. The second-order valence-corrected chi connectivity index (χ2v) is 15.0. The van der Waals surface area contributed by atoms with E-state index in [1.807, 2.05) is 56.0 Å². The predicted molar refractivity (Wildman–Crippen MR) is 147 cm³/mol. The zero-order valence-electron chi connectivity index (χ0n) is 24.8. The van der Waals surface area contributed by atoms with Crippen molar-refractivity contribution < 1.29 is 36.6 Å². The second-order valence-electron chi connectivity index (χ2n) is 13.6. The maximum atomic E-state index is 13.2. The van der Waals surface area contributed by atoms with Gasteiger partial charge in [-0.3, -0.25) is 14.1 Å². The first-order valence-electron chi connectivity index (χ1n) is 13.0. The third-order valence-corrected chi connectivity index (χ3v) is 7.56. The number of nitrogens with two attached hydrogens (primary N) is 1.